The van der Waals surface area contributed by atoms with Crippen molar-refractivity contribution in [1.82, 2.24) is 0 Å². The molecule has 0 radical (unpaired) electrons. The van der Waals surface area contributed by atoms with Gasteiger partial charge in [-0.3, -0.25) is 0 Å². The highest BCUT2D eigenvalue weighted by Gasteiger charge is 2.25. The molecule has 0 aliphatic carbocycles. The van der Waals surface area contributed by atoms with Crippen molar-refractivity contribution in [3.63, 3.8) is 0 Å². The van der Waals surface area contributed by atoms with E-state index in [1.54, 1.807) is 21.3 Å². The Morgan fingerprint density at radius 2 is 1.64 bits per heavy atom. The maximum atomic E-state index is 5.16. The first-order valence-electron chi connectivity index (χ1n) is 3.71. The summed E-state index contributed by atoms with van der Waals surface area (Å²) in [6.07, 6.45) is 0.885. The topological polar surface area (TPSA) is 27.7 Å². The molecule has 0 N–H and O–H groups in total. The van der Waals surface area contributed by atoms with Crippen LogP contribution >= 0.6 is 0 Å². The first-order chi connectivity index (χ1) is 5.08. The van der Waals surface area contributed by atoms with Gasteiger partial charge in [-0.1, -0.05) is 0 Å². The van der Waals surface area contributed by atoms with Gasteiger partial charge in [0.25, 0.3) is 0 Å². The third-order valence-electron chi connectivity index (χ3n) is 1.92. The van der Waals surface area contributed by atoms with Gasteiger partial charge in [-0.05, 0) is 13.8 Å². The molecule has 0 heterocycles. The fraction of sp³-hybridized carbons (Fsp3) is 1.00. The van der Waals surface area contributed by atoms with Crippen molar-refractivity contribution in [2.45, 2.75) is 32.2 Å². The summed E-state index contributed by atoms with van der Waals surface area (Å²) >= 11 is 0. The van der Waals surface area contributed by atoms with Gasteiger partial charge in [0.05, 0.1) is 6.10 Å². The largest absolute Gasteiger partial charge is 0.382 e. The Balaban J connectivity index is 3.86. The van der Waals surface area contributed by atoms with E-state index < -0.39 is 5.79 Å². The van der Waals surface area contributed by atoms with Crippen LogP contribution in [0.2, 0.25) is 0 Å². The molecule has 0 rings (SSSR count). The van der Waals surface area contributed by atoms with E-state index in [1.165, 1.54) is 0 Å². The average Bonchev–Trinajstić information content (AvgIpc) is 2.04. The van der Waals surface area contributed by atoms with E-state index in [0.29, 0.717) is 0 Å². The van der Waals surface area contributed by atoms with E-state index in [0.717, 1.165) is 6.42 Å². The summed E-state index contributed by atoms with van der Waals surface area (Å²) in [5.74, 6) is -0.518. The molecule has 68 valence electrons. The summed E-state index contributed by atoms with van der Waals surface area (Å²) in [7, 11) is 4.94. The molecular weight excluding hydrogens is 144 g/mol. The van der Waals surface area contributed by atoms with Crippen LogP contribution in [0.1, 0.15) is 20.3 Å². The second kappa shape index (κ2) is 4.70. The van der Waals surface area contributed by atoms with Gasteiger partial charge in [0.1, 0.15) is 0 Å². The van der Waals surface area contributed by atoms with Crippen LogP contribution in [-0.2, 0) is 14.2 Å². The second-order valence-corrected chi connectivity index (χ2v) is 2.79. The first-order valence-corrected chi connectivity index (χ1v) is 3.71. The molecule has 0 aliphatic rings. The zero-order valence-electron chi connectivity index (χ0n) is 8.01. The van der Waals surface area contributed by atoms with Crippen LogP contribution in [0.4, 0.5) is 0 Å². The Kier molecular flexibility index (Phi) is 4.65. The van der Waals surface area contributed by atoms with Gasteiger partial charge in [0.15, 0.2) is 5.79 Å². The lowest BCUT2D eigenvalue weighted by Gasteiger charge is -2.28. The number of hydrogen-bond donors (Lipinski definition) is 0. The summed E-state index contributed by atoms with van der Waals surface area (Å²) < 4.78 is 15.4. The Labute approximate surface area is 68.6 Å². The maximum absolute atomic E-state index is 5.16. The summed E-state index contributed by atoms with van der Waals surface area (Å²) in [5, 5.41) is 0. The predicted octanol–water partition coefficient (Wildman–Crippen LogP) is 1.42. The molecule has 0 fully saturated rings. The van der Waals surface area contributed by atoms with Crippen LogP contribution in [0.3, 0.4) is 0 Å². The Morgan fingerprint density at radius 1 is 1.18 bits per heavy atom. The van der Waals surface area contributed by atoms with Crippen molar-refractivity contribution in [2.75, 3.05) is 21.3 Å². The molecule has 0 aliphatic heterocycles. The lowest BCUT2D eigenvalue weighted by atomic mass is 10.1. The van der Waals surface area contributed by atoms with Gasteiger partial charge in [0, 0.05) is 27.8 Å². The Bertz CT molecular complexity index is 99.5. The van der Waals surface area contributed by atoms with Crippen LogP contribution in [0.5, 0.6) is 0 Å². The molecular formula is C8H18O3. The number of ether oxygens (including phenoxy) is 3. The van der Waals surface area contributed by atoms with Crippen LogP contribution in [0.25, 0.3) is 0 Å². The lowest BCUT2D eigenvalue weighted by molar-refractivity contribution is -0.209. The second-order valence-electron chi connectivity index (χ2n) is 2.79. The van der Waals surface area contributed by atoms with Crippen LogP contribution in [0, 0.1) is 0 Å². The van der Waals surface area contributed by atoms with Gasteiger partial charge in [-0.15, -0.1) is 0 Å². The Hall–Kier alpha value is -0.120. The molecule has 0 aromatic rings. The molecule has 3 nitrogen and oxygen atoms in total. The highest BCUT2D eigenvalue weighted by atomic mass is 16.7. The molecule has 1 unspecified atom stereocenters. The fourth-order valence-electron chi connectivity index (χ4n) is 0.855. The number of methoxy groups -OCH3 is 3. The SMILES string of the molecule is COC(C)CC(C)(OC)OC. The number of rotatable bonds is 5. The van der Waals surface area contributed by atoms with E-state index in [4.69, 9.17) is 14.2 Å². The zero-order chi connectivity index (χ0) is 8.91. The van der Waals surface area contributed by atoms with Crippen molar-refractivity contribution in [1.29, 1.82) is 0 Å². The number of hydrogen-bond acceptors (Lipinski definition) is 3. The quantitative estimate of drug-likeness (QED) is 0.572. The molecule has 0 aromatic carbocycles. The summed E-state index contributed by atoms with van der Waals surface area (Å²) in [4.78, 5) is 0. The van der Waals surface area contributed by atoms with E-state index in [2.05, 4.69) is 0 Å². The third kappa shape index (κ3) is 3.70. The van der Waals surface area contributed by atoms with Gasteiger partial charge >= 0.3 is 0 Å². The van der Waals surface area contributed by atoms with E-state index in [1.807, 2.05) is 13.8 Å². The molecule has 1 atom stereocenters. The lowest BCUT2D eigenvalue weighted by Crippen LogP contribution is -2.33. The van der Waals surface area contributed by atoms with Crippen molar-refractivity contribution in [3.8, 4) is 0 Å². The standard InChI is InChI=1S/C8H18O3/c1-7(9-3)6-8(2,10-4)11-5/h7H,6H2,1-5H3. The van der Waals surface area contributed by atoms with E-state index >= 15 is 0 Å². The van der Waals surface area contributed by atoms with Gasteiger partial charge in [-0.2, -0.15) is 0 Å². The van der Waals surface area contributed by atoms with Crippen molar-refractivity contribution >= 4 is 0 Å². The summed E-state index contributed by atoms with van der Waals surface area (Å²) in [5.41, 5.74) is 0. The molecule has 0 spiro atoms. The molecule has 11 heavy (non-hydrogen) atoms. The predicted molar refractivity (Wildman–Crippen MR) is 43.5 cm³/mol. The maximum Gasteiger partial charge on any atom is 0.167 e. The molecule has 3 heteroatoms. The third-order valence-corrected chi connectivity index (χ3v) is 1.92. The minimum Gasteiger partial charge on any atom is -0.382 e. The van der Waals surface area contributed by atoms with Gasteiger partial charge in [-0.25, -0.2) is 0 Å². The minimum atomic E-state index is -0.518. The van der Waals surface area contributed by atoms with Crippen molar-refractivity contribution in [2.24, 2.45) is 0 Å². The minimum absolute atomic E-state index is 0.153. The molecule has 0 aromatic heterocycles. The van der Waals surface area contributed by atoms with Crippen LogP contribution in [-0.4, -0.2) is 33.2 Å². The van der Waals surface area contributed by atoms with E-state index in [-0.39, 0.29) is 6.10 Å². The smallest absolute Gasteiger partial charge is 0.167 e. The van der Waals surface area contributed by atoms with Crippen LogP contribution < -0.4 is 0 Å². The molecule has 0 saturated heterocycles. The monoisotopic (exact) mass is 162 g/mol. The molecule has 0 saturated carbocycles. The first kappa shape index (κ1) is 10.9. The zero-order valence-corrected chi connectivity index (χ0v) is 8.01. The normalized spacial score (nSPS) is 15.0. The van der Waals surface area contributed by atoms with Crippen LogP contribution in [0.15, 0.2) is 0 Å². The average molecular weight is 162 g/mol. The molecule has 0 bridgehead atoms. The van der Waals surface area contributed by atoms with Gasteiger partial charge in [0.2, 0.25) is 0 Å². The van der Waals surface area contributed by atoms with Crippen molar-refractivity contribution in [3.05, 3.63) is 0 Å². The highest BCUT2D eigenvalue weighted by Crippen LogP contribution is 2.18. The fourth-order valence-corrected chi connectivity index (χ4v) is 0.855. The van der Waals surface area contributed by atoms with Crippen molar-refractivity contribution < 1.29 is 14.2 Å². The summed E-state index contributed by atoms with van der Waals surface area (Å²) in [6, 6.07) is 0. The highest BCUT2D eigenvalue weighted by molar-refractivity contribution is 4.65. The molecule has 0 amide bonds. The summed E-state index contributed by atoms with van der Waals surface area (Å²) in [6.45, 7) is 3.87. The van der Waals surface area contributed by atoms with Gasteiger partial charge < -0.3 is 14.2 Å². The Morgan fingerprint density at radius 3 is 1.91 bits per heavy atom. The van der Waals surface area contributed by atoms with E-state index in [9.17, 15) is 0 Å².